The molecule has 1 aromatic carbocycles. The topological polar surface area (TPSA) is 45.5 Å². The number of hydrogen-bond donors (Lipinski definition) is 1. The van der Waals surface area contributed by atoms with E-state index in [-0.39, 0.29) is 24.4 Å². The average Bonchev–Trinajstić information content (AvgIpc) is 3.04. The van der Waals surface area contributed by atoms with Crippen molar-refractivity contribution >= 4 is 29.3 Å². The second-order valence-corrected chi connectivity index (χ2v) is 5.40. The Kier molecular flexibility index (Phi) is 4.91. The first-order chi connectivity index (χ1) is 9.72. The number of amides is 1. The van der Waals surface area contributed by atoms with E-state index in [1.165, 1.54) is 0 Å². The highest BCUT2D eigenvalue weighted by atomic mass is 35.5. The summed E-state index contributed by atoms with van der Waals surface area (Å²) in [4.78, 5) is 14.7. The minimum atomic E-state index is 0. The van der Waals surface area contributed by atoms with E-state index >= 15 is 0 Å². The summed E-state index contributed by atoms with van der Waals surface area (Å²) in [5, 5.41) is 4.19. The molecule has 0 aliphatic carbocycles. The van der Waals surface area contributed by atoms with Crippen LogP contribution in [0.3, 0.4) is 0 Å². The predicted molar refractivity (Wildman–Crippen MR) is 86.2 cm³/mol. The van der Waals surface area contributed by atoms with Crippen molar-refractivity contribution in [1.82, 2.24) is 10.2 Å². The van der Waals surface area contributed by atoms with E-state index in [0.29, 0.717) is 5.76 Å². The number of rotatable bonds is 3. The van der Waals surface area contributed by atoms with Gasteiger partial charge in [-0.3, -0.25) is 4.79 Å². The molecule has 21 heavy (non-hydrogen) atoms. The number of likely N-dealkylation sites (tertiary alicyclic amines) is 1. The van der Waals surface area contributed by atoms with Gasteiger partial charge in [-0.15, -0.1) is 12.4 Å². The van der Waals surface area contributed by atoms with E-state index in [1.54, 1.807) is 0 Å². The summed E-state index contributed by atoms with van der Waals surface area (Å²) >= 11 is 0. The number of benzene rings is 1. The van der Waals surface area contributed by atoms with E-state index in [4.69, 9.17) is 4.42 Å². The molecule has 1 amide bonds. The maximum absolute atomic E-state index is 12.7. The SMILES string of the molecule is CNCC1CCCN1C(=O)c1oc2ccccc2c1C.Cl. The van der Waals surface area contributed by atoms with E-state index in [2.05, 4.69) is 5.32 Å². The fourth-order valence-electron chi connectivity index (χ4n) is 3.06. The summed E-state index contributed by atoms with van der Waals surface area (Å²) in [6, 6.07) is 8.09. The number of carbonyl (C=O) groups is 1. The number of para-hydroxylation sites is 1. The van der Waals surface area contributed by atoms with Gasteiger partial charge < -0.3 is 14.6 Å². The number of fused-ring (bicyclic) bond motifs is 1. The van der Waals surface area contributed by atoms with E-state index in [0.717, 1.165) is 42.5 Å². The van der Waals surface area contributed by atoms with Crippen molar-refractivity contribution in [3.8, 4) is 0 Å². The smallest absolute Gasteiger partial charge is 0.290 e. The molecule has 0 bridgehead atoms. The molecule has 1 fully saturated rings. The maximum atomic E-state index is 12.7. The molecule has 1 aliphatic heterocycles. The molecule has 1 aromatic heterocycles. The molecule has 1 N–H and O–H groups in total. The number of furan rings is 1. The van der Waals surface area contributed by atoms with E-state index in [1.807, 2.05) is 43.1 Å². The largest absolute Gasteiger partial charge is 0.451 e. The average molecular weight is 309 g/mol. The standard InChI is InChI=1S/C16H20N2O2.ClH/c1-11-13-7-3-4-8-14(13)20-15(11)16(19)18-9-5-6-12(18)10-17-2;/h3-4,7-8,12,17H,5-6,9-10H2,1-2H3;1H. The molecule has 4 nitrogen and oxygen atoms in total. The zero-order valence-electron chi connectivity index (χ0n) is 12.4. The van der Waals surface area contributed by atoms with Crippen LogP contribution in [0.4, 0.5) is 0 Å². The van der Waals surface area contributed by atoms with Crippen LogP contribution >= 0.6 is 12.4 Å². The lowest BCUT2D eigenvalue weighted by Gasteiger charge is -2.23. The highest BCUT2D eigenvalue weighted by molar-refractivity contribution is 5.99. The van der Waals surface area contributed by atoms with Crippen LogP contribution in [0, 0.1) is 6.92 Å². The third-order valence-electron chi connectivity index (χ3n) is 4.12. The quantitative estimate of drug-likeness (QED) is 0.948. The van der Waals surface area contributed by atoms with Crippen LogP contribution in [0.25, 0.3) is 11.0 Å². The first-order valence-corrected chi connectivity index (χ1v) is 7.16. The lowest BCUT2D eigenvalue weighted by atomic mass is 10.1. The Balaban J connectivity index is 0.00000161. The molecular formula is C16H21ClN2O2. The zero-order valence-corrected chi connectivity index (χ0v) is 13.2. The molecule has 0 radical (unpaired) electrons. The van der Waals surface area contributed by atoms with Gasteiger partial charge in [0.25, 0.3) is 5.91 Å². The number of nitrogens with zero attached hydrogens (tertiary/aromatic N) is 1. The lowest BCUT2D eigenvalue weighted by Crippen LogP contribution is -2.40. The highest BCUT2D eigenvalue weighted by Gasteiger charge is 2.31. The summed E-state index contributed by atoms with van der Waals surface area (Å²) in [6.45, 7) is 3.62. The predicted octanol–water partition coefficient (Wildman–Crippen LogP) is 2.99. The molecule has 3 rings (SSSR count). The molecule has 1 atom stereocenters. The van der Waals surface area contributed by atoms with Crippen molar-refractivity contribution in [2.45, 2.75) is 25.8 Å². The Bertz CT molecular complexity index is 638. The Morgan fingerprint density at radius 2 is 2.19 bits per heavy atom. The van der Waals surface area contributed by atoms with Gasteiger partial charge in [0.15, 0.2) is 5.76 Å². The van der Waals surface area contributed by atoms with E-state index in [9.17, 15) is 4.79 Å². The molecule has 0 saturated carbocycles. The van der Waals surface area contributed by atoms with Gasteiger partial charge in [0, 0.05) is 30.1 Å². The van der Waals surface area contributed by atoms with Gasteiger partial charge in [0.2, 0.25) is 0 Å². The number of hydrogen-bond acceptors (Lipinski definition) is 3. The van der Waals surface area contributed by atoms with Crippen LogP contribution in [0.5, 0.6) is 0 Å². The Morgan fingerprint density at radius 3 is 2.90 bits per heavy atom. The monoisotopic (exact) mass is 308 g/mol. The fourth-order valence-corrected chi connectivity index (χ4v) is 3.06. The first kappa shape index (κ1) is 15.9. The normalized spacial score (nSPS) is 18.0. The molecule has 1 saturated heterocycles. The number of halogens is 1. The summed E-state index contributed by atoms with van der Waals surface area (Å²) in [5.74, 6) is 0.519. The molecule has 1 aliphatic rings. The minimum Gasteiger partial charge on any atom is -0.451 e. The second kappa shape index (κ2) is 6.50. The van der Waals surface area contributed by atoms with Crippen molar-refractivity contribution in [3.05, 3.63) is 35.6 Å². The summed E-state index contributed by atoms with van der Waals surface area (Å²) in [6.07, 6.45) is 2.13. The number of likely N-dealkylation sites (N-methyl/N-ethyl adjacent to an activating group) is 1. The maximum Gasteiger partial charge on any atom is 0.290 e. The minimum absolute atomic E-state index is 0. The van der Waals surface area contributed by atoms with Crippen molar-refractivity contribution in [2.75, 3.05) is 20.1 Å². The van der Waals surface area contributed by atoms with Gasteiger partial charge in [-0.1, -0.05) is 18.2 Å². The summed E-state index contributed by atoms with van der Waals surface area (Å²) in [7, 11) is 1.92. The van der Waals surface area contributed by atoms with Crippen molar-refractivity contribution in [2.24, 2.45) is 0 Å². The second-order valence-electron chi connectivity index (χ2n) is 5.40. The zero-order chi connectivity index (χ0) is 14.1. The van der Waals surface area contributed by atoms with Gasteiger partial charge in [-0.05, 0) is 32.9 Å². The third kappa shape index (κ3) is 2.78. The van der Waals surface area contributed by atoms with Crippen LogP contribution in [-0.4, -0.2) is 37.0 Å². The molecule has 1 unspecified atom stereocenters. The lowest BCUT2D eigenvalue weighted by molar-refractivity contribution is 0.0706. The molecule has 2 heterocycles. The van der Waals surface area contributed by atoms with E-state index < -0.39 is 0 Å². The van der Waals surface area contributed by atoms with Crippen LogP contribution in [-0.2, 0) is 0 Å². The number of carbonyl (C=O) groups excluding carboxylic acids is 1. The molecule has 0 spiro atoms. The number of nitrogens with one attached hydrogen (secondary N) is 1. The number of aryl methyl sites for hydroxylation is 1. The molecule has 114 valence electrons. The van der Waals surface area contributed by atoms with Crippen LogP contribution in [0.2, 0.25) is 0 Å². The van der Waals surface area contributed by atoms with Gasteiger partial charge in [-0.25, -0.2) is 0 Å². The first-order valence-electron chi connectivity index (χ1n) is 7.16. The highest BCUT2D eigenvalue weighted by Crippen LogP contribution is 2.28. The Morgan fingerprint density at radius 1 is 1.43 bits per heavy atom. The van der Waals surface area contributed by atoms with Crippen LogP contribution in [0.15, 0.2) is 28.7 Å². The van der Waals surface area contributed by atoms with Crippen LogP contribution in [0.1, 0.15) is 29.0 Å². The van der Waals surface area contributed by atoms with Crippen LogP contribution < -0.4 is 5.32 Å². The summed E-state index contributed by atoms with van der Waals surface area (Å²) < 4.78 is 5.79. The van der Waals surface area contributed by atoms with Gasteiger partial charge in [0.1, 0.15) is 5.58 Å². The molecule has 5 heteroatoms. The van der Waals surface area contributed by atoms with Crippen molar-refractivity contribution in [1.29, 1.82) is 0 Å². The summed E-state index contributed by atoms with van der Waals surface area (Å²) in [5.41, 5.74) is 1.73. The third-order valence-corrected chi connectivity index (χ3v) is 4.12. The molecular weight excluding hydrogens is 288 g/mol. The van der Waals surface area contributed by atoms with Gasteiger partial charge in [0.05, 0.1) is 0 Å². The fraction of sp³-hybridized carbons (Fsp3) is 0.438. The van der Waals surface area contributed by atoms with Gasteiger partial charge >= 0.3 is 0 Å². The Labute approximate surface area is 130 Å². The molecule has 2 aromatic rings. The Hall–Kier alpha value is -1.52. The van der Waals surface area contributed by atoms with Gasteiger partial charge in [-0.2, -0.15) is 0 Å². The van der Waals surface area contributed by atoms with Crippen molar-refractivity contribution < 1.29 is 9.21 Å². The van der Waals surface area contributed by atoms with Crippen molar-refractivity contribution in [3.63, 3.8) is 0 Å².